The number of hydrogen-bond acceptors (Lipinski definition) is 0. The van der Waals surface area contributed by atoms with E-state index < -0.39 is 0 Å². The summed E-state index contributed by atoms with van der Waals surface area (Å²) in [6.07, 6.45) is 12.8. The van der Waals surface area contributed by atoms with Gasteiger partial charge < -0.3 is 0 Å². The van der Waals surface area contributed by atoms with Gasteiger partial charge in [-0.3, -0.25) is 0 Å². The lowest BCUT2D eigenvalue weighted by Crippen LogP contribution is -2.26. The van der Waals surface area contributed by atoms with Crippen molar-refractivity contribution in [3.63, 3.8) is 0 Å². The van der Waals surface area contributed by atoms with Crippen molar-refractivity contribution in [2.45, 2.75) is 104 Å². The molecule has 28 heavy (non-hydrogen) atoms. The lowest BCUT2D eigenvalue weighted by Gasteiger charge is -2.32. The molecular weight excluding hydrogens is 412 g/mol. The Kier molecular flexibility index (Phi) is 10.5. The molecule has 1 aliphatic rings. The van der Waals surface area contributed by atoms with Crippen molar-refractivity contribution in [2.24, 2.45) is 0 Å². The normalized spacial score (nSPS) is 30.4. The van der Waals surface area contributed by atoms with Gasteiger partial charge in [-0.15, -0.1) is 0 Å². The van der Waals surface area contributed by atoms with Gasteiger partial charge in [0.25, 0.3) is 0 Å². The quantitative estimate of drug-likeness (QED) is 0.316. The van der Waals surface area contributed by atoms with Crippen LogP contribution in [-0.2, 0) is 0 Å². The summed E-state index contributed by atoms with van der Waals surface area (Å²) in [5.74, 6) is 0. The Morgan fingerprint density at radius 1 is 0.286 bits per heavy atom. The molecule has 0 aromatic carbocycles. The second-order valence-electron chi connectivity index (χ2n) is 13.4. The minimum atomic E-state index is -0.255. The van der Waals surface area contributed by atoms with Crippen LogP contribution in [0.3, 0.4) is 0 Å². The first-order valence-electron chi connectivity index (χ1n) is 11.8. The van der Waals surface area contributed by atoms with E-state index in [4.69, 9.17) is 0 Å². The molecule has 0 spiro atoms. The highest BCUT2D eigenvalue weighted by molar-refractivity contribution is 7.67. The number of hydrogen-bond donors (Lipinski definition) is 0. The fourth-order valence-electron chi connectivity index (χ4n) is 4.71. The molecule has 0 bridgehead atoms. The van der Waals surface area contributed by atoms with Crippen molar-refractivity contribution in [1.29, 1.82) is 0 Å². The first kappa shape index (κ1) is 27.8. The largest absolute Gasteiger partial charge is 0.0911 e. The predicted molar refractivity (Wildman–Crippen MR) is 151 cm³/mol. The van der Waals surface area contributed by atoms with E-state index in [-0.39, 0.29) is 31.7 Å². The summed E-state index contributed by atoms with van der Waals surface area (Å²) in [6, 6.07) is 0. The van der Waals surface area contributed by atoms with Gasteiger partial charge in [-0.05, 0) is 83.1 Å². The van der Waals surface area contributed by atoms with Gasteiger partial charge in [0, 0.05) is 31.7 Å². The lowest BCUT2D eigenvalue weighted by atomic mass is 10.3. The molecule has 1 heterocycles. The van der Waals surface area contributed by atoms with Crippen molar-refractivity contribution in [3.8, 4) is 0 Å². The van der Waals surface area contributed by atoms with Gasteiger partial charge >= 0.3 is 0 Å². The first-order valence-corrected chi connectivity index (χ1v) is 19.5. The third-order valence-electron chi connectivity index (χ3n) is 7.16. The maximum atomic E-state index is 2.56. The average Bonchev–Trinajstić information content (AvgIpc) is 2.42. The molecule has 1 rings (SSSR count). The zero-order chi connectivity index (χ0) is 22.0. The van der Waals surface area contributed by atoms with Crippen molar-refractivity contribution < 1.29 is 0 Å². The van der Waals surface area contributed by atoms with Crippen molar-refractivity contribution in [2.75, 3.05) is 49.3 Å². The maximum absolute atomic E-state index is 2.56. The van der Waals surface area contributed by atoms with Crippen LogP contribution in [0.5, 0.6) is 0 Å². The first-order chi connectivity index (χ1) is 12.4. The predicted octanol–water partition coefficient (Wildman–Crippen LogP) is 8.05. The Hall–Kier alpha value is 1.72. The summed E-state index contributed by atoms with van der Waals surface area (Å²) in [4.78, 5) is 0. The van der Waals surface area contributed by atoms with E-state index in [2.05, 4.69) is 83.1 Å². The maximum Gasteiger partial charge on any atom is 0.0911 e. The Morgan fingerprint density at radius 2 is 0.393 bits per heavy atom. The minimum absolute atomic E-state index is 0.255. The highest BCUT2D eigenvalue weighted by atomic mass is 31.1. The lowest BCUT2D eigenvalue weighted by molar-refractivity contribution is 0.765. The van der Waals surface area contributed by atoms with E-state index in [0.717, 1.165) is 0 Å². The van der Waals surface area contributed by atoms with E-state index >= 15 is 0 Å². The summed E-state index contributed by atoms with van der Waals surface area (Å²) in [5, 5.41) is 2.30. The monoisotopic (exact) mass is 468 g/mol. The molecule has 0 radical (unpaired) electrons. The molecular formula is C24H56P4+4. The van der Waals surface area contributed by atoms with E-state index in [0.29, 0.717) is 20.6 Å². The van der Waals surface area contributed by atoms with Crippen LogP contribution in [-0.4, -0.2) is 69.9 Å². The Balaban J connectivity index is 3.12. The molecule has 0 saturated carbocycles. The van der Waals surface area contributed by atoms with Crippen LogP contribution in [0.15, 0.2) is 0 Å². The summed E-state index contributed by atoms with van der Waals surface area (Å²) in [7, 11) is -1.02. The van der Waals surface area contributed by atoms with Crippen LogP contribution in [0.4, 0.5) is 0 Å². The molecule has 0 aromatic rings. The van der Waals surface area contributed by atoms with Gasteiger partial charge in [-0.25, -0.2) is 0 Å². The fraction of sp³-hybridized carbons (Fsp3) is 1.00. The molecule has 0 aromatic heterocycles. The highest BCUT2D eigenvalue weighted by Gasteiger charge is 2.44. The van der Waals surface area contributed by atoms with E-state index in [1.165, 1.54) is 0 Å². The average molecular weight is 469 g/mol. The minimum Gasteiger partial charge on any atom is -0.0261 e. The molecule has 0 amide bonds. The van der Waals surface area contributed by atoms with E-state index in [1.807, 2.05) is 0 Å². The van der Waals surface area contributed by atoms with Crippen LogP contribution < -0.4 is 0 Å². The molecule has 1 fully saturated rings. The zero-order valence-corrected chi connectivity index (χ0v) is 25.7. The zero-order valence-electron chi connectivity index (χ0n) is 21.7. The van der Waals surface area contributed by atoms with Crippen molar-refractivity contribution in [1.82, 2.24) is 0 Å². The van der Waals surface area contributed by atoms with E-state index in [9.17, 15) is 0 Å². The SMILES string of the molecule is CC(C)(C)[PH+]1CC[PH+](C(C)(C)C)CC[PH+](C(C)(C)C)CC[PH+](C(C)(C)C)CC1. The molecule has 0 N–H and O–H groups in total. The fourth-order valence-corrected chi connectivity index (χ4v) is 21.4. The van der Waals surface area contributed by atoms with Gasteiger partial charge in [0.2, 0.25) is 0 Å². The van der Waals surface area contributed by atoms with Crippen LogP contribution in [0.25, 0.3) is 0 Å². The molecule has 4 heteroatoms. The van der Waals surface area contributed by atoms with Gasteiger partial charge in [0.1, 0.15) is 0 Å². The third-order valence-corrected chi connectivity index (χ3v) is 24.5. The highest BCUT2D eigenvalue weighted by Crippen LogP contribution is 2.62. The molecule has 0 aliphatic carbocycles. The molecule has 0 nitrogen and oxygen atoms in total. The standard InChI is InChI=1S/C24H52P4/c1-21(2,3)25-13-15-26(22(4,5)6)17-19-28(24(10,11)12)20-18-27(16-14-25)23(7,8)9/h13-20H2,1-12H3/p+4. The van der Waals surface area contributed by atoms with Crippen LogP contribution >= 0.6 is 31.7 Å². The topological polar surface area (TPSA) is 0 Å². The van der Waals surface area contributed by atoms with Crippen LogP contribution in [0.2, 0.25) is 0 Å². The Bertz CT molecular complexity index is 355. The van der Waals surface area contributed by atoms with Gasteiger partial charge in [-0.2, -0.15) is 0 Å². The van der Waals surface area contributed by atoms with Gasteiger partial charge in [0.05, 0.1) is 69.9 Å². The van der Waals surface area contributed by atoms with Gasteiger partial charge in [-0.1, -0.05) is 0 Å². The molecule has 1 aliphatic heterocycles. The second-order valence-corrected chi connectivity index (χ2v) is 28.2. The molecule has 168 valence electrons. The summed E-state index contributed by atoms with van der Waals surface area (Å²) >= 11 is 0. The smallest absolute Gasteiger partial charge is 0.0261 e. The van der Waals surface area contributed by atoms with Crippen molar-refractivity contribution in [3.05, 3.63) is 0 Å². The summed E-state index contributed by atoms with van der Waals surface area (Å²) < 4.78 is 0. The van der Waals surface area contributed by atoms with Crippen LogP contribution in [0, 0.1) is 0 Å². The Morgan fingerprint density at radius 3 is 0.464 bits per heavy atom. The molecule has 0 unspecified atom stereocenters. The van der Waals surface area contributed by atoms with Gasteiger partial charge in [0.15, 0.2) is 0 Å². The summed E-state index contributed by atoms with van der Waals surface area (Å²) in [6.45, 7) is 30.7. The van der Waals surface area contributed by atoms with Crippen LogP contribution in [0.1, 0.15) is 83.1 Å². The molecule has 1 saturated heterocycles. The van der Waals surface area contributed by atoms with E-state index in [1.54, 1.807) is 49.3 Å². The Labute approximate surface area is 184 Å². The number of rotatable bonds is 0. The van der Waals surface area contributed by atoms with Crippen molar-refractivity contribution >= 4 is 31.7 Å². The summed E-state index contributed by atoms with van der Waals surface area (Å²) in [5.41, 5.74) is 0. The molecule has 0 atom stereocenters. The third kappa shape index (κ3) is 9.47. The second kappa shape index (κ2) is 10.6.